The maximum Gasteiger partial charge on any atom is 0.131 e. The van der Waals surface area contributed by atoms with E-state index < -0.39 is 0 Å². The van der Waals surface area contributed by atoms with E-state index in [1.165, 1.54) is 6.07 Å². The molecule has 0 aliphatic carbocycles. The number of ether oxygens (including phenoxy) is 1. The van der Waals surface area contributed by atoms with Crippen LogP contribution in [0.5, 0.6) is 5.75 Å². The van der Waals surface area contributed by atoms with Crippen molar-refractivity contribution in [2.24, 2.45) is 0 Å². The fourth-order valence-electron chi connectivity index (χ4n) is 1.75. The van der Waals surface area contributed by atoms with E-state index in [0.29, 0.717) is 21.9 Å². The lowest BCUT2D eigenvalue weighted by Crippen LogP contribution is -1.99. The first kappa shape index (κ1) is 15.4. The van der Waals surface area contributed by atoms with Crippen molar-refractivity contribution in [3.63, 3.8) is 0 Å². The Kier molecular flexibility index (Phi) is 5.21. The number of aryl methyl sites for hydroxylation is 1. The number of hydrogen-bond acceptors (Lipinski definition) is 2. The van der Waals surface area contributed by atoms with Crippen molar-refractivity contribution in [2.45, 2.75) is 13.5 Å². The molecule has 0 aliphatic heterocycles. The molecule has 0 saturated heterocycles. The third-order valence-corrected chi connectivity index (χ3v) is 3.31. The lowest BCUT2D eigenvalue weighted by Gasteiger charge is -2.09. The van der Waals surface area contributed by atoms with Gasteiger partial charge in [0.05, 0.1) is 0 Å². The van der Waals surface area contributed by atoms with Crippen molar-refractivity contribution in [3.8, 4) is 17.6 Å². The highest BCUT2D eigenvalue weighted by Crippen LogP contribution is 2.22. The normalized spacial score (nSPS) is 9.90. The summed E-state index contributed by atoms with van der Waals surface area (Å²) < 4.78 is 19.4. The summed E-state index contributed by atoms with van der Waals surface area (Å²) in [5, 5.41) is 9.27. The molecular weight excluding hydrogens is 291 g/mol. The summed E-state index contributed by atoms with van der Waals surface area (Å²) in [6.07, 6.45) is 0. The zero-order valence-electron chi connectivity index (χ0n) is 11.5. The second kappa shape index (κ2) is 7.12. The van der Waals surface area contributed by atoms with E-state index in [-0.39, 0.29) is 19.0 Å². The van der Waals surface area contributed by atoms with E-state index in [2.05, 4.69) is 11.8 Å². The fourth-order valence-corrected chi connectivity index (χ4v) is 1.87. The van der Waals surface area contributed by atoms with Crippen LogP contribution in [0.2, 0.25) is 5.02 Å². The highest BCUT2D eigenvalue weighted by atomic mass is 35.5. The Morgan fingerprint density at radius 3 is 2.71 bits per heavy atom. The molecule has 2 aromatic carbocycles. The van der Waals surface area contributed by atoms with Crippen molar-refractivity contribution < 1.29 is 14.2 Å². The molecule has 0 unspecified atom stereocenters. The van der Waals surface area contributed by atoms with Gasteiger partial charge in [0, 0.05) is 16.1 Å². The van der Waals surface area contributed by atoms with Crippen LogP contribution in [0.1, 0.15) is 16.7 Å². The molecule has 4 heteroatoms. The smallest absolute Gasteiger partial charge is 0.131 e. The summed E-state index contributed by atoms with van der Waals surface area (Å²) in [4.78, 5) is 0. The number of aliphatic hydroxyl groups is 1. The molecule has 0 radical (unpaired) electrons. The third kappa shape index (κ3) is 4.22. The van der Waals surface area contributed by atoms with Crippen molar-refractivity contribution in [2.75, 3.05) is 6.61 Å². The van der Waals surface area contributed by atoms with Gasteiger partial charge >= 0.3 is 0 Å². The largest absolute Gasteiger partial charge is 0.489 e. The summed E-state index contributed by atoms with van der Waals surface area (Å²) in [5.74, 6) is 5.39. The number of aliphatic hydroxyl groups excluding tert-OH is 1. The van der Waals surface area contributed by atoms with E-state index in [1.54, 1.807) is 30.3 Å². The Morgan fingerprint density at radius 1 is 1.24 bits per heavy atom. The third-order valence-electron chi connectivity index (χ3n) is 2.89. The number of rotatable bonds is 3. The molecule has 0 aromatic heterocycles. The molecular formula is C17H14ClFO2. The summed E-state index contributed by atoms with van der Waals surface area (Å²) >= 11 is 5.94. The van der Waals surface area contributed by atoms with Gasteiger partial charge in [-0.1, -0.05) is 29.5 Å². The zero-order valence-corrected chi connectivity index (χ0v) is 12.2. The minimum atomic E-state index is -0.384. The lowest BCUT2D eigenvalue weighted by molar-refractivity contribution is 0.299. The minimum Gasteiger partial charge on any atom is -0.489 e. The molecule has 108 valence electrons. The van der Waals surface area contributed by atoms with Gasteiger partial charge in [-0.2, -0.15) is 0 Å². The van der Waals surface area contributed by atoms with Gasteiger partial charge in [-0.05, 0) is 42.8 Å². The monoisotopic (exact) mass is 304 g/mol. The molecule has 2 rings (SSSR count). The van der Waals surface area contributed by atoms with Crippen molar-refractivity contribution in [1.29, 1.82) is 0 Å². The second-order valence-electron chi connectivity index (χ2n) is 4.47. The van der Waals surface area contributed by atoms with Gasteiger partial charge in [0.15, 0.2) is 0 Å². The van der Waals surface area contributed by atoms with Gasteiger partial charge in [-0.15, -0.1) is 0 Å². The van der Waals surface area contributed by atoms with Crippen LogP contribution >= 0.6 is 11.6 Å². The topological polar surface area (TPSA) is 29.5 Å². The fraction of sp³-hybridized carbons (Fsp3) is 0.176. The lowest BCUT2D eigenvalue weighted by atomic mass is 10.1. The van der Waals surface area contributed by atoms with Crippen molar-refractivity contribution in [3.05, 3.63) is 63.9 Å². The van der Waals surface area contributed by atoms with Crippen LogP contribution in [0, 0.1) is 24.6 Å². The molecule has 1 N–H and O–H groups in total. The van der Waals surface area contributed by atoms with Gasteiger partial charge in [0.25, 0.3) is 0 Å². The minimum absolute atomic E-state index is 0.126. The molecule has 0 atom stereocenters. The first-order valence-corrected chi connectivity index (χ1v) is 6.75. The van der Waals surface area contributed by atoms with E-state index in [1.807, 2.05) is 6.92 Å². The van der Waals surface area contributed by atoms with E-state index in [9.17, 15) is 4.39 Å². The number of hydrogen-bond donors (Lipinski definition) is 1. The Balaban J connectivity index is 2.07. The first-order chi connectivity index (χ1) is 10.1. The first-order valence-electron chi connectivity index (χ1n) is 6.37. The van der Waals surface area contributed by atoms with Gasteiger partial charge in [0.1, 0.15) is 24.8 Å². The average Bonchev–Trinajstić information content (AvgIpc) is 2.47. The molecule has 2 nitrogen and oxygen atoms in total. The molecule has 2 aromatic rings. The summed E-state index contributed by atoms with van der Waals surface area (Å²) in [6, 6.07) is 9.94. The molecule has 0 aliphatic rings. The quantitative estimate of drug-likeness (QED) is 0.876. The standard InChI is InChI=1S/C17H14ClFO2/c1-12-9-15(6-7-16(12)18)21-11-14-5-4-13(3-2-8-20)10-17(14)19/h4-7,9-10,20H,8,11H2,1H3. The highest BCUT2D eigenvalue weighted by Gasteiger charge is 2.05. The number of halogens is 2. The maximum absolute atomic E-state index is 13.9. The predicted octanol–water partition coefficient (Wildman–Crippen LogP) is 3.71. The number of benzene rings is 2. The van der Waals surface area contributed by atoms with Gasteiger partial charge < -0.3 is 9.84 Å². The van der Waals surface area contributed by atoms with Crippen molar-refractivity contribution >= 4 is 11.6 Å². The molecule has 0 heterocycles. The van der Waals surface area contributed by atoms with Gasteiger partial charge in [-0.3, -0.25) is 0 Å². The van der Waals surface area contributed by atoms with Gasteiger partial charge in [0.2, 0.25) is 0 Å². The van der Waals surface area contributed by atoms with Crippen LogP contribution in [0.4, 0.5) is 4.39 Å². The second-order valence-corrected chi connectivity index (χ2v) is 4.87. The molecule has 0 amide bonds. The highest BCUT2D eigenvalue weighted by molar-refractivity contribution is 6.31. The van der Waals surface area contributed by atoms with Crippen LogP contribution < -0.4 is 4.74 Å². The van der Waals surface area contributed by atoms with Gasteiger partial charge in [-0.25, -0.2) is 4.39 Å². The Morgan fingerprint density at radius 2 is 2.05 bits per heavy atom. The van der Waals surface area contributed by atoms with Crippen LogP contribution in [0.25, 0.3) is 0 Å². The summed E-state index contributed by atoms with van der Waals surface area (Å²) in [6.45, 7) is 1.76. The molecule has 0 saturated carbocycles. The zero-order chi connectivity index (χ0) is 15.2. The van der Waals surface area contributed by atoms with Crippen LogP contribution in [0.15, 0.2) is 36.4 Å². The maximum atomic E-state index is 13.9. The Hall–Kier alpha value is -2.02. The van der Waals surface area contributed by atoms with Crippen LogP contribution in [-0.4, -0.2) is 11.7 Å². The average molecular weight is 305 g/mol. The Labute approximate surface area is 128 Å². The van der Waals surface area contributed by atoms with E-state index in [4.69, 9.17) is 21.4 Å². The SMILES string of the molecule is Cc1cc(OCc2ccc(C#CCO)cc2F)ccc1Cl. The Bertz CT molecular complexity index is 702. The predicted molar refractivity (Wildman–Crippen MR) is 80.9 cm³/mol. The summed E-state index contributed by atoms with van der Waals surface area (Å²) in [7, 11) is 0. The van der Waals surface area contributed by atoms with Crippen LogP contribution in [-0.2, 0) is 6.61 Å². The molecule has 21 heavy (non-hydrogen) atoms. The molecule has 0 spiro atoms. The van der Waals surface area contributed by atoms with E-state index in [0.717, 1.165) is 5.56 Å². The van der Waals surface area contributed by atoms with E-state index >= 15 is 0 Å². The molecule has 0 fully saturated rings. The van der Waals surface area contributed by atoms with Crippen LogP contribution in [0.3, 0.4) is 0 Å². The van der Waals surface area contributed by atoms with Crippen molar-refractivity contribution in [1.82, 2.24) is 0 Å². The molecule has 0 bridgehead atoms. The summed E-state index contributed by atoms with van der Waals surface area (Å²) in [5.41, 5.74) is 1.87.